The maximum absolute atomic E-state index is 12.8. The quantitative estimate of drug-likeness (QED) is 0.546. The molecular formula is C29H31N5O3. The largest absolute Gasteiger partial charge is 0.467 e. The number of hydrogen-bond donors (Lipinski definition) is 0. The van der Waals surface area contributed by atoms with Gasteiger partial charge in [-0.15, -0.1) is 0 Å². The van der Waals surface area contributed by atoms with Crippen LogP contribution in [0.4, 0.5) is 11.5 Å². The van der Waals surface area contributed by atoms with Crippen LogP contribution in [0.2, 0.25) is 0 Å². The molecule has 3 heterocycles. The first kappa shape index (κ1) is 23.5. The lowest BCUT2D eigenvalue weighted by Gasteiger charge is -2.38. The van der Waals surface area contributed by atoms with Crippen molar-refractivity contribution in [3.8, 4) is 6.01 Å². The number of carbonyl (C=O) groups is 2. The summed E-state index contributed by atoms with van der Waals surface area (Å²) in [5.74, 6) is 0.959. The van der Waals surface area contributed by atoms with Gasteiger partial charge in [0.05, 0.1) is 19.3 Å². The lowest BCUT2D eigenvalue weighted by atomic mass is 9.99. The van der Waals surface area contributed by atoms with Crippen LogP contribution in [0.1, 0.15) is 29.7 Å². The number of amides is 1. The van der Waals surface area contributed by atoms with Crippen LogP contribution in [0, 0.1) is 6.92 Å². The van der Waals surface area contributed by atoms with Crippen molar-refractivity contribution in [2.45, 2.75) is 32.7 Å². The Morgan fingerprint density at radius 2 is 1.70 bits per heavy atom. The number of aryl methyl sites for hydroxylation is 1. The Morgan fingerprint density at radius 3 is 2.43 bits per heavy atom. The van der Waals surface area contributed by atoms with Crippen LogP contribution in [0.25, 0.3) is 10.8 Å². The molecule has 0 radical (unpaired) electrons. The summed E-state index contributed by atoms with van der Waals surface area (Å²) in [5, 5.41) is 2.53. The number of anilines is 2. The second-order valence-corrected chi connectivity index (χ2v) is 10.00. The van der Waals surface area contributed by atoms with Crippen LogP contribution < -0.4 is 14.5 Å². The lowest BCUT2D eigenvalue weighted by molar-refractivity contribution is -0.127. The van der Waals surface area contributed by atoms with Gasteiger partial charge in [-0.3, -0.25) is 9.59 Å². The first-order valence-corrected chi connectivity index (χ1v) is 13.0. The van der Waals surface area contributed by atoms with Gasteiger partial charge in [-0.25, -0.2) is 0 Å². The van der Waals surface area contributed by atoms with Crippen molar-refractivity contribution < 1.29 is 14.3 Å². The summed E-state index contributed by atoms with van der Waals surface area (Å²) in [7, 11) is 1.60. The van der Waals surface area contributed by atoms with E-state index >= 15 is 0 Å². The number of nitrogens with zero attached hydrogens (tertiary/aromatic N) is 5. The highest BCUT2D eigenvalue weighted by Gasteiger charge is 2.30. The molecule has 0 atom stereocenters. The highest BCUT2D eigenvalue weighted by atomic mass is 16.5. The van der Waals surface area contributed by atoms with Crippen molar-refractivity contribution in [2.24, 2.45) is 0 Å². The maximum atomic E-state index is 12.8. The summed E-state index contributed by atoms with van der Waals surface area (Å²) in [6.45, 7) is 6.31. The third-order valence-corrected chi connectivity index (χ3v) is 7.75. The molecule has 37 heavy (non-hydrogen) atoms. The standard InChI is InChI=1S/C29H31N5O3/c1-19-5-3-6-20-7-4-8-25(26(19)20)34-12-11-23-24(18-34)30-29(37-2)31-27(23)32-13-15-33(16-14-32)28(36)21-9-10-22(35)17-21/h3-8,17H,9-16,18H2,1-2H3. The van der Waals surface area contributed by atoms with Gasteiger partial charge in [0.15, 0.2) is 5.78 Å². The molecule has 1 amide bonds. The molecule has 8 nitrogen and oxygen atoms in total. The van der Waals surface area contributed by atoms with Crippen molar-refractivity contribution in [3.63, 3.8) is 0 Å². The highest BCUT2D eigenvalue weighted by molar-refractivity contribution is 6.05. The Balaban J connectivity index is 1.25. The predicted molar refractivity (Wildman–Crippen MR) is 143 cm³/mol. The van der Waals surface area contributed by atoms with Gasteiger partial charge in [0.2, 0.25) is 5.91 Å². The number of allylic oxidation sites excluding steroid dienone is 1. The second kappa shape index (κ2) is 9.50. The Labute approximate surface area is 216 Å². The first-order chi connectivity index (χ1) is 18.0. The predicted octanol–water partition coefficient (Wildman–Crippen LogP) is 3.45. The molecule has 1 fully saturated rings. The molecule has 0 saturated carbocycles. The fourth-order valence-corrected chi connectivity index (χ4v) is 5.81. The number of hydrogen-bond acceptors (Lipinski definition) is 7. The average Bonchev–Trinajstić information content (AvgIpc) is 3.37. The summed E-state index contributed by atoms with van der Waals surface area (Å²) in [5.41, 5.74) is 5.30. The topological polar surface area (TPSA) is 78.9 Å². The van der Waals surface area contributed by atoms with E-state index in [-0.39, 0.29) is 11.7 Å². The van der Waals surface area contributed by atoms with Gasteiger partial charge < -0.3 is 19.4 Å². The highest BCUT2D eigenvalue weighted by Crippen LogP contribution is 2.35. The van der Waals surface area contributed by atoms with E-state index in [1.165, 1.54) is 28.1 Å². The number of fused-ring (bicyclic) bond motifs is 2. The molecule has 3 aromatic rings. The summed E-state index contributed by atoms with van der Waals surface area (Å²) in [6.07, 6.45) is 3.36. The van der Waals surface area contributed by atoms with Crippen LogP contribution in [0.3, 0.4) is 0 Å². The second-order valence-electron chi connectivity index (χ2n) is 10.00. The third-order valence-electron chi connectivity index (χ3n) is 7.75. The van der Waals surface area contributed by atoms with E-state index in [1.54, 1.807) is 7.11 Å². The number of benzene rings is 2. The Bertz CT molecular complexity index is 1420. The van der Waals surface area contributed by atoms with Crippen molar-refractivity contribution in [1.82, 2.24) is 14.9 Å². The van der Waals surface area contributed by atoms with E-state index in [9.17, 15) is 9.59 Å². The van der Waals surface area contributed by atoms with Crippen LogP contribution >= 0.6 is 0 Å². The van der Waals surface area contributed by atoms with Crippen LogP contribution in [0.15, 0.2) is 48.0 Å². The van der Waals surface area contributed by atoms with Crippen LogP contribution in [-0.4, -0.2) is 66.4 Å². The molecule has 1 aromatic heterocycles. The van der Waals surface area contributed by atoms with Gasteiger partial charge in [-0.05, 0) is 42.9 Å². The summed E-state index contributed by atoms with van der Waals surface area (Å²) in [4.78, 5) is 40.5. The zero-order chi connectivity index (χ0) is 25.5. The molecule has 2 aromatic carbocycles. The molecule has 3 aliphatic rings. The van der Waals surface area contributed by atoms with Crippen molar-refractivity contribution in [1.29, 1.82) is 0 Å². The zero-order valence-electron chi connectivity index (χ0n) is 21.4. The fraction of sp³-hybridized carbons (Fsp3) is 0.379. The molecule has 1 aliphatic carbocycles. The van der Waals surface area contributed by atoms with Gasteiger partial charge >= 0.3 is 6.01 Å². The minimum atomic E-state index is -0.00572. The number of carbonyl (C=O) groups excluding carboxylic acids is 2. The van der Waals surface area contributed by atoms with Gasteiger partial charge in [0, 0.05) is 61.4 Å². The van der Waals surface area contributed by atoms with E-state index in [1.807, 2.05) is 4.90 Å². The number of rotatable bonds is 4. The number of piperazine rings is 1. The van der Waals surface area contributed by atoms with Crippen LogP contribution in [0.5, 0.6) is 6.01 Å². The van der Waals surface area contributed by atoms with Gasteiger partial charge in [0.1, 0.15) is 5.82 Å². The lowest BCUT2D eigenvalue weighted by Crippen LogP contribution is -2.50. The molecule has 8 heteroatoms. The molecule has 0 unspecified atom stereocenters. The van der Waals surface area contributed by atoms with E-state index in [2.05, 4.69) is 53.1 Å². The summed E-state index contributed by atoms with van der Waals surface area (Å²) >= 11 is 0. The number of ether oxygens (including phenoxy) is 1. The summed E-state index contributed by atoms with van der Waals surface area (Å²) in [6, 6.07) is 13.3. The molecule has 190 valence electrons. The fourth-order valence-electron chi connectivity index (χ4n) is 5.81. The molecule has 0 N–H and O–H groups in total. The maximum Gasteiger partial charge on any atom is 0.318 e. The van der Waals surface area contributed by atoms with E-state index in [4.69, 9.17) is 14.7 Å². The third kappa shape index (κ3) is 4.30. The zero-order valence-corrected chi connectivity index (χ0v) is 21.4. The van der Waals surface area contributed by atoms with Crippen molar-refractivity contribution in [3.05, 3.63) is 64.9 Å². The molecule has 0 bridgehead atoms. The first-order valence-electron chi connectivity index (χ1n) is 13.0. The van der Waals surface area contributed by atoms with E-state index < -0.39 is 0 Å². The SMILES string of the molecule is COc1nc2c(c(N3CCN(C(=O)C4=CC(=O)CC4)CC3)n1)CCN(c1cccc3cccc(C)c13)C2. The molecular weight excluding hydrogens is 466 g/mol. The Kier molecular flexibility index (Phi) is 6.02. The Hall–Kier alpha value is -3.94. The van der Waals surface area contributed by atoms with Crippen molar-refractivity contribution >= 4 is 34.0 Å². The molecule has 0 spiro atoms. The van der Waals surface area contributed by atoms with Gasteiger partial charge in [-0.1, -0.05) is 30.3 Å². The van der Waals surface area contributed by atoms with Gasteiger partial charge in [-0.2, -0.15) is 9.97 Å². The average molecular weight is 498 g/mol. The van der Waals surface area contributed by atoms with E-state index in [0.717, 1.165) is 30.0 Å². The van der Waals surface area contributed by atoms with Crippen molar-refractivity contribution in [2.75, 3.05) is 49.6 Å². The number of methoxy groups -OCH3 is 1. The minimum Gasteiger partial charge on any atom is -0.467 e. The number of ketones is 1. The van der Waals surface area contributed by atoms with E-state index in [0.29, 0.717) is 57.1 Å². The van der Waals surface area contributed by atoms with Crippen LogP contribution in [-0.2, 0) is 22.6 Å². The molecule has 2 aliphatic heterocycles. The Morgan fingerprint density at radius 1 is 0.919 bits per heavy atom. The minimum absolute atomic E-state index is 0.00572. The number of aromatic nitrogens is 2. The molecule has 1 saturated heterocycles. The smallest absolute Gasteiger partial charge is 0.318 e. The van der Waals surface area contributed by atoms with Gasteiger partial charge in [0.25, 0.3) is 0 Å². The summed E-state index contributed by atoms with van der Waals surface area (Å²) < 4.78 is 5.51. The molecule has 6 rings (SSSR count). The monoisotopic (exact) mass is 497 g/mol. The normalized spacial score (nSPS) is 17.7.